The highest BCUT2D eigenvalue weighted by Gasteiger charge is 2.32. The average molecular weight is 374 g/mol. The summed E-state index contributed by atoms with van der Waals surface area (Å²) in [5.74, 6) is -0.435. The maximum Gasteiger partial charge on any atom is 0.406 e. The van der Waals surface area contributed by atoms with Crippen LogP contribution in [0.4, 0.5) is 13.2 Å². The standard InChI is InChI=1S/C15H17F3N4O2S/c1-3-8-24-13(23)10(2)25-14-21-20-12(11-4-6-19-7-5-11)22(14)9-15(16,17)18/h4-7,10H,3,8-9H2,1-2H3. The molecule has 6 nitrogen and oxygen atoms in total. The fourth-order valence-electron chi connectivity index (χ4n) is 1.94. The summed E-state index contributed by atoms with van der Waals surface area (Å²) in [6.45, 7) is 2.42. The largest absolute Gasteiger partial charge is 0.465 e. The highest BCUT2D eigenvalue weighted by atomic mass is 32.2. The van der Waals surface area contributed by atoms with E-state index in [1.807, 2.05) is 6.92 Å². The molecule has 0 spiro atoms. The smallest absolute Gasteiger partial charge is 0.406 e. The number of aromatic nitrogens is 4. The lowest BCUT2D eigenvalue weighted by atomic mass is 10.2. The highest BCUT2D eigenvalue weighted by Crippen LogP contribution is 2.30. The monoisotopic (exact) mass is 374 g/mol. The van der Waals surface area contributed by atoms with Gasteiger partial charge in [-0.1, -0.05) is 18.7 Å². The molecule has 10 heteroatoms. The van der Waals surface area contributed by atoms with Gasteiger partial charge in [0.05, 0.1) is 6.61 Å². The molecule has 136 valence electrons. The van der Waals surface area contributed by atoms with Crippen LogP contribution in [0.2, 0.25) is 0 Å². The number of rotatable bonds is 7. The molecule has 0 aliphatic heterocycles. The lowest BCUT2D eigenvalue weighted by Crippen LogP contribution is -2.21. The van der Waals surface area contributed by atoms with E-state index in [2.05, 4.69) is 15.2 Å². The van der Waals surface area contributed by atoms with Crippen LogP contribution in [0.15, 0.2) is 29.7 Å². The number of carbonyl (C=O) groups excluding carboxylic acids is 1. The number of nitrogens with zero attached hydrogens (tertiary/aromatic N) is 4. The molecule has 0 amide bonds. The van der Waals surface area contributed by atoms with Gasteiger partial charge in [0.1, 0.15) is 11.8 Å². The summed E-state index contributed by atoms with van der Waals surface area (Å²) < 4.78 is 44.9. The van der Waals surface area contributed by atoms with Crippen LogP contribution >= 0.6 is 11.8 Å². The van der Waals surface area contributed by atoms with Gasteiger partial charge in [-0.25, -0.2) is 0 Å². The number of hydrogen-bond acceptors (Lipinski definition) is 6. The second-order valence-electron chi connectivity index (χ2n) is 5.17. The first-order valence-electron chi connectivity index (χ1n) is 7.55. The van der Waals surface area contributed by atoms with E-state index in [1.54, 1.807) is 19.1 Å². The molecular weight excluding hydrogens is 357 g/mol. The minimum absolute atomic E-state index is 0.00471. The molecule has 1 atom stereocenters. The first kappa shape index (κ1) is 19.2. The van der Waals surface area contributed by atoms with Crippen molar-refractivity contribution in [1.29, 1.82) is 0 Å². The fourth-order valence-corrected chi connectivity index (χ4v) is 2.79. The molecule has 2 heterocycles. The predicted molar refractivity (Wildman–Crippen MR) is 85.9 cm³/mol. The minimum atomic E-state index is -4.45. The van der Waals surface area contributed by atoms with Crippen molar-refractivity contribution in [3.05, 3.63) is 24.5 Å². The van der Waals surface area contributed by atoms with Crippen LogP contribution in [0.5, 0.6) is 0 Å². The van der Waals surface area contributed by atoms with Crippen molar-refractivity contribution in [2.75, 3.05) is 6.61 Å². The molecule has 0 aliphatic rings. The van der Waals surface area contributed by atoms with Gasteiger partial charge < -0.3 is 4.74 Å². The van der Waals surface area contributed by atoms with Crippen LogP contribution in [0.1, 0.15) is 20.3 Å². The number of esters is 1. The Morgan fingerprint density at radius 1 is 1.32 bits per heavy atom. The molecule has 25 heavy (non-hydrogen) atoms. The second-order valence-corrected chi connectivity index (χ2v) is 6.48. The Balaban J connectivity index is 2.28. The third-order valence-electron chi connectivity index (χ3n) is 3.06. The molecule has 0 saturated carbocycles. The van der Waals surface area contributed by atoms with Gasteiger partial charge in [0, 0.05) is 18.0 Å². The molecule has 0 aliphatic carbocycles. The van der Waals surface area contributed by atoms with Crippen LogP contribution in [0.3, 0.4) is 0 Å². The molecule has 0 aromatic carbocycles. The van der Waals surface area contributed by atoms with Crippen molar-refractivity contribution in [3.63, 3.8) is 0 Å². The molecule has 2 rings (SSSR count). The Hall–Kier alpha value is -2.10. The van der Waals surface area contributed by atoms with Crippen molar-refractivity contribution >= 4 is 17.7 Å². The van der Waals surface area contributed by atoms with Crippen LogP contribution < -0.4 is 0 Å². The number of halogens is 3. The van der Waals surface area contributed by atoms with E-state index in [9.17, 15) is 18.0 Å². The quantitative estimate of drug-likeness (QED) is 0.547. The Morgan fingerprint density at radius 3 is 2.60 bits per heavy atom. The average Bonchev–Trinajstić information content (AvgIpc) is 2.94. The lowest BCUT2D eigenvalue weighted by molar-refractivity contribution is -0.142. The third kappa shape index (κ3) is 5.45. The lowest BCUT2D eigenvalue weighted by Gasteiger charge is -2.14. The van der Waals surface area contributed by atoms with Gasteiger partial charge in [-0.2, -0.15) is 13.2 Å². The zero-order valence-electron chi connectivity index (χ0n) is 13.7. The normalized spacial score (nSPS) is 12.8. The number of pyridine rings is 1. The van der Waals surface area contributed by atoms with E-state index in [1.165, 1.54) is 12.4 Å². The zero-order chi connectivity index (χ0) is 18.4. The number of alkyl halides is 3. The first-order valence-corrected chi connectivity index (χ1v) is 8.43. The van der Waals surface area contributed by atoms with E-state index in [0.29, 0.717) is 12.0 Å². The van der Waals surface area contributed by atoms with E-state index >= 15 is 0 Å². The topological polar surface area (TPSA) is 69.9 Å². The predicted octanol–water partition coefficient (Wildman–Crippen LogP) is 3.34. The summed E-state index contributed by atoms with van der Waals surface area (Å²) in [6, 6.07) is 3.09. The summed E-state index contributed by atoms with van der Waals surface area (Å²) in [7, 11) is 0. The van der Waals surface area contributed by atoms with E-state index in [0.717, 1.165) is 16.3 Å². The summed E-state index contributed by atoms with van der Waals surface area (Å²) in [5.41, 5.74) is 0.458. The molecule has 0 radical (unpaired) electrons. The van der Waals surface area contributed by atoms with Gasteiger partial charge in [-0.15, -0.1) is 10.2 Å². The van der Waals surface area contributed by atoms with Gasteiger partial charge in [-0.3, -0.25) is 14.3 Å². The number of hydrogen-bond donors (Lipinski definition) is 0. The number of thioether (sulfide) groups is 1. The van der Waals surface area contributed by atoms with E-state index in [4.69, 9.17) is 4.74 Å². The van der Waals surface area contributed by atoms with Crippen LogP contribution in [-0.2, 0) is 16.1 Å². The van der Waals surface area contributed by atoms with Crippen molar-refractivity contribution in [1.82, 2.24) is 19.7 Å². The summed E-state index contributed by atoms with van der Waals surface area (Å²) in [5, 5.41) is 6.99. The highest BCUT2D eigenvalue weighted by molar-refractivity contribution is 8.00. The molecule has 2 aromatic rings. The molecule has 0 saturated heterocycles. The van der Waals surface area contributed by atoms with E-state index < -0.39 is 23.9 Å². The Bertz CT molecular complexity index is 707. The molecule has 1 unspecified atom stereocenters. The maximum atomic E-state index is 13.0. The molecule has 0 fully saturated rings. The Kier molecular flexibility index (Phi) is 6.40. The number of carbonyl (C=O) groups is 1. The molecule has 2 aromatic heterocycles. The van der Waals surface area contributed by atoms with Crippen molar-refractivity contribution in [3.8, 4) is 11.4 Å². The van der Waals surface area contributed by atoms with E-state index in [-0.39, 0.29) is 17.6 Å². The van der Waals surface area contributed by atoms with Gasteiger partial charge in [-0.05, 0) is 25.5 Å². The Labute approximate surface area is 146 Å². The van der Waals surface area contributed by atoms with Gasteiger partial charge >= 0.3 is 12.1 Å². The zero-order valence-corrected chi connectivity index (χ0v) is 14.5. The van der Waals surface area contributed by atoms with Crippen LogP contribution in [-0.4, -0.2) is 43.8 Å². The summed E-state index contributed by atoms with van der Waals surface area (Å²) in [4.78, 5) is 15.7. The van der Waals surface area contributed by atoms with Crippen molar-refractivity contribution in [2.24, 2.45) is 0 Å². The van der Waals surface area contributed by atoms with Crippen LogP contribution in [0.25, 0.3) is 11.4 Å². The van der Waals surface area contributed by atoms with Gasteiger partial charge in [0.25, 0.3) is 0 Å². The van der Waals surface area contributed by atoms with Crippen LogP contribution in [0, 0.1) is 0 Å². The maximum absolute atomic E-state index is 13.0. The van der Waals surface area contributed by atoms with Gasteiger partial charge in [0.2, 0.25) is 0 Å². The van der Waals surface area contributed by atoms with Crippen molar-refractivity contribution in [2.45, 2.75) is 43.4 Å². The molecule has 0 bridgehead atoms. The van der Waals surface area contributed by atoms with Gasteiger partial charge in [0.15, 0.2) is 11.0 Å². The Morgan fingerprint density at radius 2 is 2.00 bits per heavy atom. The van der Waals surface area contributed by atoms with Crippen molar-refractivity contribution < 1.29 is 22.7 Å². The summed E-state index contributed by atoms with van der Waals surface area (Å²) in [6.07, 6.45) is -0.871. The minimum Gasteiger partial charge on any atom is -0.465 e. The summed E-state index contributed by atoms with van der Waals surface area (Å²) >= 11 is 0.884. The third-order valence-corrected chi connectivity index (χ3v) is 4.11. The fraction of sp³-hybridized carbons (Fsp3) is 0.467. The molecule has 0 N–H and O–H groups in total. The first-order chi connectivity index (χ1) is 11.8. The second kappa shape index (κ2) is 8.32. The molecular formula is C15H17F3N4O2S. The number of ether oxygens (including phenoxy) is 1. The SMILES string of the molecule is CCCOC(=O)C(C)Sc1nnc(-c2ccncc2)n1CC(F)(F)F.